The second kappa shape index (κ2) is 10.0. The summed E-state index contributed by atoms with van der Waals surface area (Å²) in [5.41, 5.74) is 2.52. The van der Waals surface area contributed by atoms with Gasteiger partial charge in [-0.15, -0.1) is 0 Å². The smallest absolute Gasteiger partial charge is 0.250 e. The Hall–Kier alpha value is -0.750. The van der Waals surface area contributed by atoms with Gasteiger partial charge in [-0.25, -0.2) is 15.0 Å². The Labute approximate surface area is 200 Å². The first-order valence-electron chi connectivity index (χ1n) is 8.60. The van der Waals surface area contributed by atoms with E-state index in [1.54, 1.807) is 12.2 Å². The predicted octanol–water partition coefficient (Wildman–Crippen LogP) is 6.99. The molecule has 0 aliphatic heterocycles. The molecule has 0 fully saturated rings. The summed E-state index contributed by atoms with van der Waals surface area (Å²) < 4.78 is -3.84. The van der Waals surface area contributed by atoms with Crippen molar-refractivity contribution < 1.29 is 0 Å². The van der Waals surface area contributed by atoms with Crippen LogP contribution in [0.5, 0.6) is 0 Å². The van der Waals surface area contributed by atoms with Crippen LogP contribution < -0.4 is 4.90 Å². The molecular formula is C19H18Cl6N4. The average molecular weight is 515 g/mol. The Morgan fingerprint density at radius 2 is 1.38 bits per heavy atom. The van der Waals surface area contributed by atoms with Gasteiger partial charge in [0.2, 0.25) is 7.59 Å². The summed E-state index contributed by atoms with van der Waals surface area (Å²) in [6.07, 6.45) is 3.33. The summed E-state index contributed by atoms with van der Waals surface area (Å²) in [5.74, 6) is -0.106. The Morgan fingerprint density at radius 1 is 0.897 bits per heavy atom. The molecule has 1 heterocycles. The van der Waals surface area contributed by atoms with Gasteiger partial charge in [0.05, 0.1) is 0 Å². The Morgan fingerprint density at radius 3 is 1.76 bits per heavy atom. The molecule has 0 bridgehead atoms. The molecule has 156 valence electrons. The van der Waals surface area contributed by atoms with Crippen LogP contribution in [-0.2, 0) is 7.59 Å². The fourth-order valence-electron chi connectivity index (χ4n) is 2.61. The first kappa shape index (κ1) is 24.5. The quantitative estimate of drug-likeness (QED) is 0.308. The van der Waals surface area contributed by atoms with Gasteiger partial charge in [-0.05, 0) is 31.5 Å². The number of hydrogen-bond donors (Lipinski definition) is 0. The van der Waals surface area contributed by atoms with Crippen LogP contribution in [0.3, 0.4) is 0 Å². The lowest BCUT2D eigenvalue weighted by atomic mass is 10.0. The number of anilines is 1. The lowest BCUT2D eigenvalue weighted by Gasteiger charge is -2.21. The topological polar surface area (TPSA) is 41.9 Å². The summed E-state index contributed by atoms with van der Waals surface area (Å²) in [6.45, 7) is 9.75. The average Bonchev–Trinajstić information content (AvgIpc) is 2.66. The SMILES string of the molecule is C=CC=C(c1ccc(N(CC)CC)cc1)c1nc(C(Cl)(Cl)Cl)nc(C(Cl)(Cl)Cl)n1. The van der Waals surface area contributed by atoms with E-state index in [4.69, 9.17) is 69.6 Å². The highest BCUT2D eigenvalue weighted by atomic mass is 35.6. The first-order chi connectivity index (χ1) is 13.5. The molecule has 0 spiro atoms. The summed E-state index contributed by atoms with van der Waals surface area (Å²) >= 11 is 35.8. The van der Waals surface area contributed by atoms with Crippen molar-refractivity contribution in [3.63, 3.8) is 0 Å². The molecule has 0 aliphatic carbocycles. The maximum atomic E-state index is 5.97. The zero-order chi connectivity index (χ0) is 21.8. The van der Waals surface area contributed by atoms with Crippen molar-refractivity contribution in [2.75, 3.05) is 18.0 Å². The normalized spacial score (nSPS) is 12.8. The maximum absolute atomic E-state index is 5.97. The van der Waals surface area contributed by atoms with Crippen LogP contribution in [0.4, 0.5) is 5.69 Å². The van der Waals surface area contributed by atoms with Gasteiger partial charge < -0.3 is 4.90 Å². The minimum Gasteiger partial charge on any atom is -0.372 e. The van der Waals surface area contributed by atoms with Gasteiger partial charge in [0.15, 0.2) is 17.5 Å². The molecule has 0 radical (unpaired) electrons. The fourth-order valence-corrected chi connectivity index (χ4v) is 3.12. The Bertz CT molecular complexity index is 849. The number of benzene rings is 1. The Balaban J connectivity index is 2.61. The molecule has 0 atom stereocenters. The van der Waals surface area contributed by atoms with Gasteiger partial charge in [-0.1, -0.05) is 100 Å². The number of alkyl halides is 6. The molecule has 0 amide bonds. The third-order valence-corrected chi connectivity index (χ3v) is 4.99. The molecule has 0 N–H and O–H groups in total. The molecule has 1 aromatic heterocycles. The van der Waals surface area contributed by atoms with E-state index >= 15 is 0 Å². The zero-order valence-electron chi connectivity index (χ0n) is 15.6. The second-order valence-electron chi connectivity index (χ2n) is 5.84. The van der Waals surface area contributed by atoms with Crippen molar-refractivity contribution in [3.8, 4) is 0 Å². The summed E-state index contributed by atoms with van der Waals surface area (Å²) in [7, 11) is 0. The molecule has 29 heavy (non-hydrogen) atoms. The number of halogens is 6. The van der Waals surface area contributed by atoms with E-state index in [0.29, 0.717) is 5.57 Å². The van der Waals surface area contributed by atoms with Crippen molar-refractivity contribution in [3.05, 3.63) is 66.0 Å². The summed E-state index contributed by atoms with van der Waals surface area (Å²) in [6, 6.07) is 7.89. The number of nitrogens with zero attached hydrogens (tertiary/aromatic N) is 4. The van der Waals surface area contributed by atoms with Crippen molar-refractivity contribution in [1.29, 1.82) is 0 Å². The highest BCUT2D eigenvalue weighted by Crippen LogP contribution is 2.40. The molecule has 1 aromatic carbocycles. The van der Waals surface area contributed by atoms with Crippen molar-refractivity contribution >= 4 is 80.9 Å². The van der Waals surface area contributed by atoms with Crippen molar-refractivity contribution in [2.45, 2.75) is 21.4 Å². The van der Waals surface area contributed by atoms with Crippen LogP contribution >= 0.6 is 69.6 Å². The van der Waals surface area contributed by atoms with Crippen LogP contribution in [0.2, 0.25) is 0 Å². The minimum atomic E-state index is -1.92. The lowest BCUT2D eigenvalue weighted by molar-refractivity contribution is 0.831. The van der Waals surface area contributed by atoms with Crippen LogP contribution in [0, 0.1) is 0 Å². The molecule has 0 saturated carbocycles. The predicted molar refractivity (Wildman–Crippen MR) is 126 cm³/mol. The third kappa shape index (κ3) is 6.36. The molecule has 0 unspecified atom stereocenters. The van der Waals surface area contributed by atoms with Gasteiger partial charge in [-0.3, -0.25) is 0 Å². The van der Waals surface area contributed by atoms with Crippen LogP contribution in [0.1, 0.15) is 36.9 Å². The van der Waals surface area contributed by atoms with Crippen LogP contribution in [0.25, 0.3) is 5.57 Å². The van der Waals surface area contributed by atoms with E-state index in [2.05, 4.69) is 40.3 Å². The van der Waals surface area contributed by atoms with Gasteiger partial charge in [0, 0.05) is 24.4 Å². The van der Waals surface area contributed by atoms with Gasteiger partial charge in [-0.2, -0.15) is 0 Å². The molecule has 0 aliphatic rings. The van der Waals surface area contributed by atoms with E-state index in [1.165, 1.54) is 0 Å². The Kier molecular flexibility index (Phi) is 8.49. The molecule has 4 nitrogen and oxygen atoms in total. The highest BCUT2D eigenvalue weighted by molar-refractivity contribution is 6.67. The lowest BCUT2D eigenvalue weighted by Crippen LogP contribution is -2.21. The second-order valence-corrected chi connectivity index (χ2v) is 10.4. The number of rotatable bonds is 6. The van der Waals surface area contributed by atoms with Gasteiger partial charge in [0.1, 0.15) is 0 Å². The highest BCUT2D eigenvalue weighted by Gasteiger charge is 2.34. The molecular weight excluding hydrogens is 497 g/mol. The first-order valence-corrected chi connectivity index (χ1v) is 10.9. The molecule has 2 aromatic rings. The number of hydrogen-bond acceptors (Lipinski definition) is 4. The number of allylic oxidation sites excluding steroid dienone is 2. The van der Waals surface area contributed by atoms with Gasteiger partial charge >= 0.3 is 0 Å². The van der Waals surface area contributed by atoms with E-state index < -0.39 is 7.59 Å². The van der Waals surface area contributed by atoms with Crippen molar-refractivity contribution in [1.82, 2.24) is 15.0 Å². The van der Waals surface area contributed by atoms with Gasteiger partial charge in [0.25, 0.3) is 0 Å². The minimum absolute atomic E-state index is 0.149. The monoisotopic (exact) mass is 512 g/mol. The molecule has 2 rings (SSSR count). The molecule has 0 saturated heterocycles. The van der Waals surface area contributed by atoms with E-state index in [1.807, 2.05) is 24.3 Å². The van der Waals surface area contributed by atoms with E-state index in [9.17, 15) is 0 Å². The van der Waals surface area contributed by atoms with E-state index in [0.717, 1.165) is 24.3 Å². The summed E-state index contributed by atoms with van der Waals surface area (Å²) in [4.78, 5) is 14.8. The standard InChI is InChI=1S/C19H18Cl6N4/c1-4-7-14(12-8-10-13(11-9-12)29(5-2)6-3)15-26-16(18(20,21)22)28-17(27-15)19(23,24)25/h4,7-11H,1,5-6H2,2-3H3. The van der Waals surface area contributed by atoms with Crippen LogP contribution in [-0.4, -0.2) is 28.0 Å². The van der Waals surface area contributed by atoms with Crippen LogP contribution in [0.15, 0.2) is 43.0 Å². The zero-order valence-corrected chi connectivity index (χ0v) is 20.2. The molecule has 10 heteroatoms. The maximum Gasteiger partial charge on any atom is 0.250 e. The summed E-state index contributed by atoms with van der Waals surface area (Å²) in [5, 5.41) is 0. The van der Waals surface area contributed by atoms with Crippen molar-refractivity contribution in [2.24, 2.45) is 0 Å². The fraction of sp³-hybridized carbons (Fsp3) is 0.316. The third-order valence-electron chi connectivity index (χ3n) is 3.97. The van der Waals surface area contributed by atoms with E-state index in [-0.39, 0.29) is 17.5 Å². The largest absolute Gasteiger partial charge is 0.372 e. The number of aromatic nitrogens is 3.